The van der Waals surface area contributed by atoms with Gasteiger partial charge in [-0.2, -0.15) is 18.4 Å². The minimum Gasteiger partial charge on any atom is -0.481 e. The van der Waals surface area contributed by atoms with E-state index in [2.05, 4.69) is 19.9 Å². The Labute approximate surface area is 224 Å². The molecule has 1 aliphatic heterocycles. The maximum atomic E-state index is 15.2. The summed E-state index contributed by atoms with van der Waals surface area (Å²) in [7, 11) is 2.41. The summed E-state index contributed by atoms with van der Waals surface area (Å²) in [6, 6.07) is 8.68. The quantitative estimate of drug-likeness (QED) is 0.333. The van der Waals surface area contributed by atoms with Gasteiger partial charge in [0.1, 0.15) is 17.0 Å². The van der Waals surface area contributed by atoms with E-state index in [4.69, 9.17) is 14.7 Å². The highest BCUT2D eigenvalue weighted by molar-refractivity contribution is 5.90. The third-order valence-electron chi connectivity index (χ3n) is 6.38. The molecule has 0 spiro atoms. The van der Waals surface area contributed by atoms with Crippen molar-refractivity contribution in [2.45, 2.75) is 31.7 Å². The zero-order valence-electron chi connectivity index (χ0n) is 21.3. The van der Waals surface area contributed by atoms with Crippen LogP contribution in [0, 0.1) is 17.1 Å². The Morgan fingerprint density at radius 3 is 2.60 bits per heavy atom. The summed E-state index contributed by atoms with van der Waals surface area (Å²) in [5.74, 6) is -2.02. The van der Waals surface area contributed by atoms with Gasteiger partial charge in [-0.1, -0.05) is 0 Å². The zero-order valence-corrected chi connectivity index (χ0v) is 21.3. The van der Waals surface area contributed by atoms with Crippen molar-refractivity contribution in [2.75, 3.05) is 7.11 Å². The first-order valence-corrected chi connectivity index (χ1v) is 11.9. The number of pyridine rings is 1. The number of nitriles is 1. The molecule has 13 heteroatoms. The van der Waals surface area contributed by atoms with E-state index in [0.717, 1.165) is 18.7 Å². The summed E-state index contributed by atoms with van der Waals surface area (Å²) in [6.07, 6.45) is -2.39. The van der Waals surface area contributed by atoms with Gasteiger partial charge in [-0.15, -0.1) is 0 Å². The lowest BCUT2D eigenvalue weighted by atomic mass is 9.97. The van der Waals surface area contributed by atoms with Crippen LogP contribution in [0.5, 0.6) is 5.88 Å². The molecule has 0 amide bonds. The number of rotatable bonds is 4. The van der Waals surface area contributed by atoms with Crippen LogP contribution in [0.3, 0.4) is 0 Å². The lowest BCUT2D eigenvalue weighted by molar-refractivity contribution is -0.147. The number of ether oxygens (including phenoxy) is 2. The zero-order chi connectivity index (χ0) is 28.8. The van der Waals surface area contributed by atoms with E-state index in [9.17, 15) is 18.0 Å². The minimum absolute atomic E-state index is 0.00345. The molecule has 40 heavy (non-hydrogen) atoms. The standard InChI is InChI=1S/C27H20F4N6O3/c1-13-8-16(10-19(40-13)15-6-7-33-20(11-15)39-3)24-34-21(17-5-4-14(12-32)9-18(17)28)22-23(35-24)25(38)37(2)26(36-22)27(29,30)31/h4-9,11,13,19H,10H2,1-3H3. The summed E-state index contributed by atoms with van der Waals surface area (Å²) in [6.45, 7) is 1.78. The van der Waals surface area contributed by atoms with Crippen LogP contribution in [-0.2, 0) is 18.0 Å². The SMILES string of the molecule is COc1cc(C2CC(c3nc(-c4ccc(C#N)cc4F)c4nc(C(F)(F)F)n(C)c(=O)c4n3)=CC(C)O2)ccn1. The first kappa shape index (κ1) is 26.9. The third-order valence-corrected chi connectivity index (χ3v) is 6.38. The molecule has 4 aromatic rings. The second-order valence-electron chi connectivity index (χ2n) is 9.05. The molecule has 3 aromatic heterocycles. The molecule has 2 atom stereocenters. The first-order valence-electron chi connectivity index (χ1n) is 11.9. The van der Waals surface area contributed by atoms with E-state index >= 15 is 4.39 Å². The normalized spacial score (nSPS) is 17.4. The number of nitrogens with zero attached hydrogens (tertiary/aromatic N) is 6. The number of hydrogen-bond donors (Lipinski definition) is 0. The van der Waals surface area contributed by atoms with Crippen molar-refractivity contribution < 1.29 is 27.0 Å². The van der Waals surface area contributed by atoms with E-state index in [0.29, 0.717) is 16.0 Å². The van der Waals surface area contributed by atoms with Gasteiger partial charge in [-0.25, -0.2) is 24.3 Å². The van der Waals surface area contributed by atoms with E-state index in [-0.39, 0.29) is 29.1 Å². The highest BCUT2D eigenvalue weighted by atomic mass is 19.4. The third kappa shape index (κ3) is 4.89. The van der Waals surface area contributed by atoms with Crippen LogP contribution in [0.1, 0.15) is 42.2 Å². The number of fused-ring (bicyclic) bond motifs is 1. The molecule has 0 saturated carbocycles. The van der Waals surface area contributed by atoms with Crippen LogP contribution in [0.4, 0.5) is 17.6 Å². The molecule has 0 N–H and O–H groups in total. The van der Waals surface area contributed by atoms with E-state index in [1.54, 1.807) is 37.4 Å². The fourth-order valence-corrected chi connectivity index (χ4v) is 4.50. The minimum atomic E-state index is -4.97. The van der Waals surface area contributed by atoms with Gasteiger partial charge < -0.3 is 9.47 Å². The molecule has 2 unspecified atom stereocenters. The molecule has 4 heterocycles. The van der Waals surface area contributed by atoms with Crippen LogP contribution >= 0.6 is 0 Å². The van der Waals surface area contributed by atoms with E-state index in [1.165, 1.54) is 19.2 Å². The van der Waals surface area contributed by atoms with E-state index < -0.39 is 46.6 Å². The average molecular weight is 552 g/mol. The Morgan fingerprint density at radius 2 is 1.93 bits per heavy atom. The molecule has 5 rings (SSSR count). The van der Waals surface area contributed by atoms with Crippen molar-refractivity contribution in [3.63, 3.8) is 0 Å². The molecule has 0 bridgehead atoms. The van der Waals surface area contributed by atoms with Gasteiger partial charge in [-0.05, 0) is 48.4 Å². The van der Waals surface area contributed by atoms with Crippen molar-refractivity contribution in [1.82, 2.24) is 24.5 Å². The number of aromatic nitrogens is 5. The second-order valence-corrected chi connectivity index (χ2v) is 9.05. The van der Waals surface area contributed by atoms with Crippen LogP contribution < -0.4 is 10.3 Å². The fraction of sp³-hybridized carbons (Fsp3) is 0.259. The number of methoxy groups -OCH3 is 1. The molecular weight excluding hydrogens is 532 g/mol. The van der Waals surface area contributed by atoms with E-state index in [1.807, 2.05) is 0 Å². The second kappa shape index (κ2) is 10.1. The molecule has 0 aliphatic carbocycles. The number of halogens is 4. The highest BCUT2D eigenvalue weighted by Gasteiger charge is 2.37. The first-order chi connectivity index (χ1) is 19.0. The number of hydrogen-bond acceptors (Lipinski definition) is 8. The smallest absolute Gasteiger partial charge is 0.449 e. The Bertz CT molecular complexity index is 1780. The van der Waals surface area contributed by atoms with Crippen molar-refractivity contribution in [3.8, 4) is 23.2 Å². The van der Waals surface area contributed by atoms with Crippen molar-refractivity contribution >= 4 is 16.6 Å². The van der Waals surface area contributed by atoms with Gasteiger partial charge in [0.15, 0.2) is 11.3 Å². The molecular formula is C27H20F4N6O3. The fourth-order valence-electron chi connectivity index (χ4n) is 4.50. The van der Waals surface area contributed by atoms with Gasteiger partial charge in [0.2, 0.25) is 11.7 Å². The molecule has 204 valence electrons. The Hall–Kier alpha value is -4.70. The van der Waals surface area contributed by atoms with Crippen LogP contribution in [-0.4, -0.2) is 37.7 Å². The Balaban J connectivity index is 1.74. The molecule has 0 fully saturated rings. The van der Waals surface area contributed by atoms with Gasteiger partial charge in [-0.3, -0.25) is 9.36 Å². The van der Waals surface area contributed by atoms with Crippen molar-refractivity contribution in [3.05, 3.63) is 81.6 Å². The largest absolute Gasteiger partial charge is 0.481 e. The summed E-state index contributed by atoms with van der Waals surface area (Å²) < 4.78 is 68.0. The molecule has 9 nitrogen and oxygen atoms in total. The summed E-state index contributed by atoms with van der Waals surface area (Å²) in [4.78, 5) is 29.7. The predicted molar refractivity (Wildman–Crippen MR) is 134 cm³/mol. The molecule has 0 saturated heterocycles. The molecule has 1 aliphatic rings. The molecule has 1 aromatic carbocycles. The summed E-state index contributed by atoms with van der Waals surface area (Å²) >= 11 is 0. The van der Waals surface area contributed by atoms with Gasteiger partial charge in [0.25, 0.3) is 5.56 Å². The van der Waals surface area contributed by atoms with Crippen LogP contribution in [0.25, 0.3) is 27.9 Å². The lowest BCUT2D eigenvalue weighted by Gasteiger charge is -2.28. The topological polar surface area (TPSA) is 116 Å². The highest BCUT2D eigenvalue weighted by Crippen LogP contribution is 2.37. The maximum Gasteiger partial charge on any atom is 0.449 e. The number of alkyl halides is 3. The summed E-state index contributed by atoms with van der Waals surface area (Å²) in [5, 5.41) is 9.12. The van der Waals surface area contributed by atoms with Gasteiger partial charge in [0, 0.05) is 31.3 Å². The maximum absolute atomic E-state index is 15.2. The lowest BCUT2D eigenvalue weighted by Crippen LogP contribution is -2.29. The monoisotopic (exact) mass is 552 g/mol. The van der Waals surface area contributed by atoms with Crippen LogP contribution in [0.15, 0.2) is 47.4 Å². The number of benzene rings is 1. The predicted octanol–water partition coefficient (Wildman–Crippen LogP) is 4.76. The van der Waals surface area contributed by atoms with Gasteiger partial charge >= 0.3 is 6.18 Å². The summed E-state index contributed by atoms with van der Waals surface area (Å²) in [5.41, 5.74) is -1.29. The van der Waals surface area contributed by atoms with Crippen LogP contribution in [0.2, 0.25) is 0 Å². The average Bonchev–Trinajstić information content (AvgIpc) is 2.93. The van der Waals surface area contributed by atoms with Crippen molar-refractivity contribution in [2.24, 2.45) is 7.05 Å². The molecule has 0 radical (unpaired) electrons. The Morgan fingerprint density at radius 1 is 1.15 bits per heavy atom. The van der Waals surface area contributed by atoms with Crippen molar-refractivity contribution in [1.29, 1.82) is 5.26 Å². The van der Waals surface area contributed by atoms with Gasteiger partial charge in [0.05, 0.1) is 31.0 Å². The Kier molecular flexibility index (Phi) is 6.80.